The van der Waals surface area contributed by atoms with Crippen LogP contribution in [0, 0.1) is 6.92 Å². The second-order valence-corrected chi connectivity index (χ2v) is 4.66. The Bertz CT molecular complexity index is 730. The number of ketones is 2. The molecule has 0 saturated heterocycles. The molecule has 2 aromatic rings. The molecular formula is C16H12N2O2. The molecule has 98 valence electrons. The molecular weight excluding hydrogens is 252 g/mol. The molecule has 1 N–H and O–H groups in total. The van der Waals surface area contributed by atoms with Gasteiger partial charge in [0.15, 0.2) is 5.78 Å². The molecule has 1 aromatic carbocycles. The number of nitrogens with one attached hydrogen (secondary N) is 1. The molecule has 20 heavy (non-hydrogen) atoms. The molecule has 0 unspecified atom stereocenters. The minimum atomic E-state index is -0.215. The van der Waals surface area contributed by atoms with Crippen LogP contribution in [0.1, 0.15) is 26.3 Å². The lowest BCUT2D eigenvalue weighted by Crippen LogP contribution is -2.21. The summed E-state index contributed by atoms with van der Waals surface area (Å²) in [6.45, 7) is 1.99. The monoisotopic (exact) mass is 264 g/mol. The number of hydrogen-bond acceptors (Lipinski definition) is 4. The number of carbonyl (C=O) groups excluding carboxylic acids is 2. The second kappa shape index (κ2) is 4.74. The molecule has 1 aliphatic carbocycles. The smallest absolute Gasteiger partial charge is 0.211 e. The summed E-state index contributed by atoms with van der Waals surface area (Å²) in [5, 5.41) is 2.99. The second-order valence-electron chi connectivity index (χ2n) is 4.66. The van der Waals surface area contributed by atoms with Crippen molar-refractivity contribution in [2.45, 2.75) is 6.92 Å². The van der Waals surface area contributed by atoms with E-state index in [-0.39, 0.29) is 17.3 Å². The summed E-state index contributed by atoms with van der Waals surface area (Å²) in [6, 6.07) is 9.18. The molecule has 0 atom stereocenters. The van der Waals surface area contributed by atoms with Gasteiger partial charge in [-0.25, -0.2) is 0 Å². The zero-order chi connectivity index (χ0) is 14.1. The Hall–Kier alpha value is -2.75. The van der Waals surface area contributed by atoms with Gasteiger partial charge in [0.2, 0.25) is 5.78 Å². The minimum Gasteiger partial charge on any atom is -0.352 e. The highest BCUT2D eigenvalue weighted by atomic mass is 16.1. The van der Waals surface area contributed by atoms with E-state index in [9.17, 15) is 9.59 Å². The van der Waals surface area contributed by atoms with E-state index in [0.717, 1.165) is 11.3 Å². The third kappa shape index (κ3) is 2.12. The van der Waals surface area contributed by atoms with Crippen molar-refractivity contribution < 1.29 is 9.59 Å². The van der Waals surface area contributed by atoms with Gasteiger partial charge in [0.1, 0.15) is 0 Å². The quantitative estimate of drug-likeness (QED) is 0.906. The number of aromatic nitrogens is 1. The maximum absolute atomic E-state index is 12.3. The number of rotatable bonds is 2. The first-order chi connectivity index (χ1) is 9.65. The molecule has 3 rings (SSSR count). The fraction of sp³-hybridized carbons (Fsp3) is 0.0625. The zero-order valence-corrected chi connectivity index (χ0v) is 10.9. The van der Waals surface area contributed by atoms with Crippen LogP contribution in [0.5, 0.6) is 0 Å². The van der Waals surface area contributed by atoms with E-state index in [1.165, 1.54) is 18.5 Å². The maximum Gasteiger partial charge on any atom is 0.211 e. The molecule has 0 amide bonds. The van der Waals surface area contributed by atoms with Gasteiger partial charge in [-0.1, -0.05) is 17.7 Å². The van der Waals surface area contributed by atoms with E-state index in [0.29, 0.717) is 11.1 Å². The summed E-state index contributed by atoms with van der Waals surface area (Å²) in [5.74, 6) is -0.398. The van der Waals surface area contributed by atoms with Crippen molar-refractivity contribution in [2.75, 3.05) is 5.32 Å². The largest absolute Gasteiger partial charge is 0.352 e. The highest BCUT2D eigenvalue weighted by molar-refractivity contribution is 6.25. The molecule has 0 aliphatic heterocycles. The lowest BCUT2D eigenvalue weighted by molar-refractivity contribution is 0.0985. The number of hydrogen-bond donors (Lipinski definition) is 1. The Morgan fingerprint density at radius 3 is 2.50 bits per heavy atom. The molecule has 1 aromatic heterocycles. The maximum atomic E-state index is 12.3. The van der Waals surface area contributed by atoms with E-state index < -0.39 is 0 Å². The molecule has 0 saturated carbocycles. The van der Waals surface area contributed by atoms with Crippen LogP contribution in [0.2, 0.25) is 0 Å². The zero-order valence-electron chi connectivity index (χ0n) is 10.9. The average Bonchev–Trinajstić information content (AvgIpc) is 2.47. The topological polar surface area (TPSA) is 59.1 Å². The van der Waals surface area contributed by atoms with E-state index in [1.807, 2.05) is 31.2 Å². The normalized spacial score (nSPS) is 13.8. The van der Waals surface area contributed by atoms with Crippen LogP contribution < -0.4 is 5.32 Å². The van der Waals surface area contributed by atoms with Gasteiger partial charge in [0, 0.05) is 29.7 Å². The Morgan fingerprint density at radius 1 is 1.00 bits per heavy atom. The molecule has 0 spiro atoms. The van der Waals surface area contributed by atoms with Gasteiger partial charge >= 0.3 is 0 Å². The van der Waals surface area contributed by atoms with E-state index in [1.54, 1.807) is 6.07 Å². The molecule has 1 heterocycles. The molecule has 0 fully saturated rings. The summed E-state index contributed by atoms with van der Waals surface area (Å²) < 4.78 is 0. The minimum absolute atomic E-state index is 0.184. The van der Waals surface area contributed by atoms with Gasteiger partial charge in [0.05, 0.1) is 11.3 Å². The third-order valence-corrected chi connectivity index (χ3v) is 3.18. The van der Waals surface area contributed by atoms with Crippen LogP contribution in [0.25, 0.3) is 0 Å². The first kappa shape index (κ1) is 12.3. The van der Waals surface area contributed by atoms with Crippen LogP contribution in [0.15, 0.2) is 54.5 Å². The third-order valence-electron chi connectivity index (χ3n) is 3.18. The summed E-state index contributed by atoms with van der Waals surface area (Å²) in [6.07, 6.45) is 4.28. The summed E-state index contributed by atoms with van der Waals surface area (Å²) in [4.78, 5) is 28.2. The Balaban J connectivity index is 1.94. The van der Waals surface area contributed by atoms with Crippen molar-refractivity contribution >= 4 is 17.3 Å². The lowest BCUT2D eigenvalue weighted by Gasteiger charge is -2.16. The van der Waals surface area contributed by atoms with Crippen molar-refractivity contribution in [3.63, 3.8) is 0 Å². The highest BCUT2D eigenvalue weighted by Gasteiger charge is 2.25. The number of fused-ring (bicyclic) bond motifs is 1. The van der Waals surface area contributed by atoms with Crippen LogP contribution in [-0.4, -0.2) is 16.6 Å². The lowest BCUT2D eigenvalue weighted by atomic mass is 9.94. The Kier molecular flexibility index (Phi) is 2.91. The number of nitrogens with zero attached hydrogens (tertiary/aromatic N) is 1. The summed E-state index contributed by atoms with van der Waals surface area (Å²) in [5.41, 5.74) is 2.92. The summed E-state index contributed by atoms with van der Waals surface area (Å²) >= 11 is 0. The Labute approximate surface area is 116 Å². The van der Waals surface area contributed by atoms with Crippen LogP contribution in [-0.2, 0) is 0 Å². The van der Waals surface area contributed by atoms with E-state index in [4.69, 9.17) is 0 Å². The summed E-state index contributed by atoms with van der Waals surface area (Å²) in [7, 11) is 0. The molecule has 0 bridgehead atoms. The fourth-order valence-corrected chi connectivity index (χ4v) is 2.09. The number of allylic oxidation sites excluding steroid dienone is 2. The van der Waals surface area contributed by atoms with Gasteiger partial charge in [-0.2, -0.15) is 0 Å². The van der Waals surface area contributed by atoms with Gasteiger partial charge in [0.25, 0.3) is 0 Å². The molecule has 0 radical (unpaired) electrons. The first-order valence-electron chi connectivity index (χ1n) is 6.23. The predicted molar refractivity (Wildman–Crippen MR) is 75.8 cm³/mol. The van der Waals surface area contributed by atoms with Crippen LogP contribution in [0.4, 0.5) is 5.69 Å². The standard InChI is InChI=1S/C16H12N2O2/c1-10-2-4-11(5-3-10)18-14-8-15(19)12-6-7-17-9-13(12)16(14)20/h2-9,18H,1H3. The van der Waals surface area contributed by atoms with Gasteiger partial charge < -0.3 is 5.32 Å². The number of Topliss-reactive ketones (excluding diaryl/α,β-unsaturated/α-hetero) is 1. The number of pyridine rings is 1. The van der Waals surface area contributed by atoms with Gasteiger partial charge in [-0.05, 0) is 25.1 Å². The molecule has 1 aliphatic rings. The SMILES string of the molecule is Cc1ccc(NC2=CC(=O)c3ccncc3C2=O)cc1. The highest BCUT2D eigenvalue weighted by Crippen LogP contribution is 2.22. The molecule has 4 heteroatoms. The van der Waals surface area contributed by atoms with Crippen molar-refractivity contribution in [3.05, 3.63) is 71.2 Å². The van der Waals surface area contributed by atoms with Crippen LogP contribution >= 0.6 is 0 Å². The Morgan fingerprint density at radius 2 is 1.75 bits per heavy atom. The average molecular weight is 264 g/mol. The van der Waals surface area contributed by atoms with Gasteiger partial charge in [-0.3, -0.25) is 14.6 Å². The number of anilines is 1. The van der Waals surface area contributed by atoms with Crippen molar-refractivity contribution in [3.8, 4) is 0 Å². The van der Waals surface area contributed by atoms with Crippen molar-refractivity contribution in [1.82, 2.24) is 4.98 Å². The fourth-order valence-electron chi connectivity index (χ4n) is 2.09. The number of aryl methyl sites for hydroxylation is 1. The first-order valence-corrected chi connectivity index (χ1v) is 6.23. The van der Waals surface area contributed by atoms with Crippen LogP contribution in [0.3, 0.4) is 0 Å². The number of benzene rings is 1. The van der Waals surface area contributed by atoms with Gasteiger partial charge in [-0.15, -0.1) is 0 Å². The predicted octanol–water partition coefficient (Wildman–Crippen LogP) is 2.77. The number of carbonyl (C=O) groups is 2. The molecule has 4 nitrogen and oxygen atoms in total. The van der Waals surface area contributed by atoms with E-state index >= 15 is 0 Å². The van der Waals surface area contributed by atoms with Crippen molar-refractivity contribution in [1.29, 1.82) is 0 Å². The van der Waals surface area contributed by atoms with Crippen molar-refractivity contribution in [2.24, 2.45) is 0 Å². The van der Waals surface area contributed by atoms with E-state index in [2.05, 4.69) is 10.3 Å².